The fraction of sp³-hybridized carbons (Fsp3) is 0.714. The number of nitrogens with zero attached hydrogens (tertiary/aromatic N) is 2. The van der Waals surface area contributed by atoms with Gasteiger partial charge in [0.1, 0.15) is 6.04 Å². The predicted molar refractivity (Wildman–Crippen MR) is 77.0 cm³/mol. The van der Waals surface area contributed by atoms with E-state index in [9.17, 15) is 19.2 Å². The average molecular weight is 310 g/mol. The van der Waals surface area contributed by atoms with Crippen LogP contribution in [0.15, 0.2) is 0 Å². The molecule has 0 unspecified atom stereocenters. The van der Waals surface area contributed by atoms with Crippen molar-refractivity contribution in [2.45, 2.75) is 38.6 Å². The number of carbonyl (C=O) groups is 4. The molecule has 0 radical (unpaired) electrons. The molecule has 0 aromatic heterocycles. The van der Waals surface area contributed by atoms with E-state index >= 15 is 0 Å². The Hall–Kier alpha value is -2.12. The van der Waals surface area contributed by atoms with Gasteiger partial charge in [0.05, 0.1) is 5.41 Å². The highest BCUT2D eigenvalue weighted by molar-refractivity contribution is 5.94. The molecule has 2 aliphatic heterocycles. The van der Waals surface area contributed by atoms with Crippen molar-refractivity contribution >= 4 is 23.6 Å². The fourth-order valence-corrected chi connectivity index (χ4v) is 3.28. The molecule has 8 heteroatoms. The van der Waals surface area contributed by atoms with Gasteiger partial charge in [-0.25, -0.2) is 0 Å². The zero-order valence-corrected chi connectivity index (χ0v) is 12.7. The number of β-lactam (4-membered cyclic amide) rings is 1. The Morgan fingerprint density at radius 1 is 1.23 bits per heavy atom. The van der Waals surface area contributed by atoms with Gasteiger partial charge in [0.2, 0.25) is 23.6 Å². The molecule has 1 spiro atoms. The largest absolute Gasteiger partial charge is 0.370 e. The number of rotatable bonds is 5. The first-order chi connectivity index (χ1) is 10.3. The lowest BCUT2D eigenvalue weighted by molar-refractivity contribution is -0.173. The number of carbonyl (C=O) groups excluding carboxylic acids is 4. The number of primary amides is 2. The summed E-state index contributed by atoms with van der Waals surface area (Å²) in [6.45, 7) is 3.07. The summed E-state index contributed by atoms with van der Waals surface area (Å²) in [4.78, 5) is 49.4. The molecule has 0 bridgehead atoms. The third-order valence-corrected chi connectivity index (χ3v) is 4.72. The molecule has 0 aliphatic carbocycles. The Balaban J connectivity index is 1.97. The van der Waals surface area contributed by atoms with E-state index in [2.05, 4.69) is 0 Å². The minimum absolute atomic E-state index is 0.00921. The highest BCUT2D eigenvalue weighted by atomic mass is 16.2. The standard InChI is InChI=1S/C14H22N4O4/c1-9(19)17-6-4-14(5-7-17)8-18(13(14)22)10(12(16)21)2-3-11(15)20/h10H,2-8H2,1H3,(H2,15,20)(H2,16,21)/t10-/m0/s1. The van der Waals surface area contributed by atoms with E-state index in [4.69, 9.17) is 11.5 Å². The zero-order valence-electron chi connectivity index (χ0n) is 12.7. The third-order valence-electron chi connectivity index (χ3n) is 4.72. The maximum atomic E-state index is 12.5. The summed E-state index contributed by atoms with van der Waals surface area (Å²) in [5.41, 5.74) is 9.94. The number of hydrogen-bond donors (Lipinski definition) is 2. The molecule has 2 rings (SSSR count). The van der Waals surface area contributed by atoms with Crippen molar-refractivity contribution in [3.8, 4) is 0 Å². The minimum atomic E-state index is -0.781. The second-order valence-electron chi connectivity index (χ2n) is 6.14. The molecule has 2 aliphatic rings. The quantitative estimate of drug-likeness (QED) is 0.604. The van der Waals surface area contributed by atoms with Gasteiger partial charge in [-0.2, -0.15) is 0 Å². The van der Waals surface area contributed by atoms with Crippen molar-refractivity contribution in [3.63, 3.8) is 0 Å². The van der Waals surface area contributed by atoms with Crippen LogP contribution in [0.4, 0.5) is 0 Å². The van der Waals surface area contributed by atoms with E-state index in [1.54, 1.807) is 4.90 Å². The van der Waals surface area contributed by atoms with Crippen molar-refractivity contribution in [2.75, 3.05) is 19.6 Å². The summed E-state index contributed by atoms with van der Waals surface area (Å²) < 4.78 is 0. The van der Waals surface area contributed by atoms with Gasteiger partial charge < -0.3 is 21.3 Å². The summed E-state index contributed by atoms with van der Waals surface area (Å²) in [7, 11) is 0. The van der Waals surface area contributed by atoms with Crippen LogP contribution in [0.1, 0.15) is 32.6 Å². The van der Waals surface area contributed by atoms with E-state index in [0.717, 1.165) is 0 Å². The van der Waals surface area contributed by atoms with E-state index in [-0.39, 0.29) is 24.7 Å². The Bertz CT molecular complexity index is 511. The molecule has 1 atom stereocenters. The fourth-order valence-electron chi connectivity index (χ4n) is 3.28. The van der Waals surface area contributed by atoms with Gasteiger partial charge in [-0.3, -0.25) is 19.2 Å². The first-order valence-corrected chi connectivity index (χ1v) is 7.41. The second kappa shape index (κ2) is 5.94. The number of amides is 4. The summed E-state index contributed by atoms with van der Waals surface area (Å²) in [6, 6.07) is -0.781. The Morgan fingerprint density at radius 3 is 2.23 bits per heavy atom. The Labute approximate surface area is 128 Å². The number of likely N-dealkylation sites (tertiary alicyclic amines) is 2. The molecule has 2 saturated heterocycles. The topological polar surface area (TPSA) is 127 Å². The van der Waals surface area contributed by atoms with Crippen LogP contribution in [0.25, 0.3) is 0 Å². The molecule has 4 amide bonds. The van der Waals surface area contributed by atoms with E-state index in [1.165, 1.54) is 11.8 Å². The van der Waals surface area contributed by atoms with Gasteiger partial charge in [-0.1, -0.05) is 0 Å². The lowest BCUT2D eigenvalue weighted by Gasteiger charge is -2.54. The highest BCUT2D eigenvalue weighted by Crippen LogP contribution is 2.43. The van der Waals surface area contributed by atoms with Crippen molar-refractivity contribution in [1.29, 1.82) is 0 Å². The summed E-state index contributed by atoms with van der Waals surface area (Å²) in [5, 5.41) is 0. The molecule has 8 nitrogen and oxygen atoms in total. The van der Waals surface area contributed by atoms with Crippen LogP contribution >= 0.6 is 0 Å². The second-order valence-corrected chi connectivity index (χ2v) is 6.14. The maximum absolute atomic E-state index is 12.5. The van der Waals surface area contributed by atoms with Gasteiger partial charge in [0, 0.05) is 33.0 Å². The monoisotopic (exact) mass is 310 g/mol. The van der Waals surface area contributed by atoms with Gasteiger partial charge in [0.15, 0.2) is 0 Å². The van der Waals surface area contributed by atoms with Crippen LogP contribution in [-0.2, 0) is 19.2 Å². The molecule has 0 aromatic carbocycles. The first kappa shape index (κ1) is 16.3. The Morgan fingerprint density at radius 2 is 1.82 bits per heavy atom. The van der Waals surface area contributed by atoms with Crippen molar-refractivity contribution < 1.29 is 19.2 Å². The van der Waals surface area contributed by atoms with Crippen molar-refractivity contribution in [3.05, 3.63) is 0 Å². The van der Waals surface area contributed by atoms with Crippen LogP contribution in [0.3, 0.4) is 0 Å². The normalized spacial score (nSPS) is 21.4. The lowest BCUT2D eigenvalue weighted by Crippen LogP contribution is -2.69. The molecular formula is C14H22N4O4. The van der Waals surface area contributed by atoms with E-state index < -0.39 is 23.3 Å². The lowest BCUT2D eigenvalue weighted by atomic mass is 9.70. The van der Waals surface area contributed by atoms with Gasteiger partial charge in [-0.05, 0) is 19.3 Å². The van der Waals surface area contributed by atoms with Crippen LogP contribution in [0.2, 0.25) is 0 Å². The smallest absolute Gasteiger partial charge is 0.240 e. The zero-order chi connectivity index (χ0) is 16.5. The van der Waals surface area contributed by atoms with Crippen LogP contribution in [0, 0.1) is 5.41 Å². The maximum Gasteiger partial charge on any atom is 0.240 e. The van der Waals surface area contributed by atoms with Gasteiger partial charge in [-0.15, -0.1) is 0 Å². The first-order valence-electron chi connectivity index (χ1n) is 7.41. The molecular weight excluding hydrogens is 288 g/mol. The molecule has 0 aromatic rings. The van der Waals surface area contributed by atoms with Crippen LogP contribution in [0.5, 0.6) is 0 Å². The molecule has 0 saturated carbocycles. The van der Waals surface area contributed by atoms with Gasteiger partial charge in [0.25, 0.3) is 0 Å². The van der Waals surface area contributed by atoms with E-state index in [0.29, 0.717) is 32.5 Å². The van der Waals surface area contributed by atoms with Crippen LogP contribution in [-0.4, -0.2) is 59.1 Å². The van der Waals surface area contributed by atoms with Gasteiger partial charge >= 0.3 is 0 Å². The molecule has 2 fully saturated rings. The van der Waals surface area contributed by atoms with E-state index in [1.807, 2.05) is 0 Å². The van der Waals surface area contributed by atoms with Crippen molar-refractivity contribution in [2.24, 2.45) is 16.9 Å². The predicted octanol–water partition coefficient (Wildman–Crippen LogP) is -1.42. The SMILES string of the molecule is CC(=O)N1CCC2(CC1)CN([C@@H](CCC(N)=O)C(N)=O)C2=O. The third kappa shape index (κ3) is 2.90. The summed E-state index contributed by atoms with van der Waals surface area (Å²) in [5.74, 6) is -1.24. The molecule has 22 heavy (non-hydrogen) atoms. The average Bonchev–Trinajstić information content (AvgIpc) is 2.46. The number of nitrogens with two attached hydrogens (primary N) is 2. The Kier molecular flexibility index (Phi) is 4.39. The summed E-state index contributed by atoms with van der Waals surface area (Å²) >= 11 is 0. The number of piperidine rings is 1. The summed E-state index contributed by atoms with van der Waals surface area (Å²) in [6.07, 6.45) is 1.38. The minimum Gasteiger partial charge on any atom is -0.370 e. The molecule has 122 valence electrons. The molecule has 2 heterocycles. The molecule has 4 N–H and O–H groups in total. The van der Waals surface area contributed by atoms with Crippen molar-refractivity contribution in [1.82, 2.24) is 9.80 Å². The number of hydrogen-bond acceptors (Lipinski definition) is 4. The highest BCUT2D eigenvalue weighted by Gasteiger charge is 2.55. The van der Waals surface area contributed by atoms with Crippen LogP contribution < -0.4 is 11.5 Å².